The number of carbonyl (C=O) groups excluding carboxylic acids is 1. The van der Waals surface area contributed by atoms with Crippen molar-refractivity contribution in [3.63, 3.8) is 0 Å². The highest BCUT2D eigenvalue weighted by Gasteiger charge is 2.53. The van der Waals surface area contributed by atoms with E-state index < -0.39 is 124 Å². The molecule has 0 aliphatic carbocycles. The normalized spacial score (nSPS) is 30.5. The van der Waals surface area contributed by atoms with Gasteiger partial charge in [-0.3, -0.25) is 4.79 Å². The van der Waals surface area contributed by atoms with E-state index in [1.165, 1.54) is 96.3 Å². The summed E-state index contributed by atoms with van der Waals surface area (Å²) in [6.45, 7) is 1.71. The Morgan fingerprint density at radius 2 is 0.835 bits per heavy atom. The zero-order valence-electron chi connectivity index (χ0n) is 48.1. The van der Waals surface area contributed by atoms with Crippen molar-refractivity contribution in [2.24, 2.45) is 0 Å². The van der Waals surface area contributed by atoms with Gasteiger partial charge < -0.3 is 89.9 Å². The Morgan fingerprint density at radius 3 is 1.30 bits per heavy atom. The van der Waals surface area contributed by atoms with Gasteiger partial charge in [-0.15, -0.1) is 0 Å². The van der Waals surface area contributed by atoms with Gasteiger partial charge >= 0.3 is 0 Å². The first-order valence-corrected chi connectivity index (χ1v) is 30.7. The maximum absolute atomic E-state index is 13.3. The Labute approximate surface area is 472 Å². The average Bonchev–Trinajstić information content (AvgIpc) is 3.47. The fraction of sp³-hybridized carbons (Fsp3) is 0.883. The molecule has 3 heterocycles. The highest BCUT2D eigenvalue weighted by atomic mass is 16.8. The second kappa shape index (κ2) is 43.6. The van der Waals surface area contributed by atoms with Crippen molar-refractivity contribution >= 4 is 5.91 Å². The smallest absolute Gasteiger partial charge is 0.220 e. The number of amides is 1. The van der Waals surface area contributed by atoms with Gasteiger partial charge in [0, 0.05) is 6.42 Å². The minimum Gasteiger partial charge on any atom is -0.394 e. The van der Waals surface area contributed by atoms with E-state index in [1.807, 2.05) is 0 Å². The van der Waals surface area contributed by atoms with Gasteiger partial charge in [-0.2, -0.15) is 0 Å². The molecule has 0 saturated carbocycles. The molecule has 0 bridgehead atoms. The number of aliphatic hydroxyl groups is 11. The summed E-state index contributed by atoms with van der Waals surface area (Å²) >= 11 is 0. The molecule has 0 spiro atoms. The van der Waals surface area contributed by atoms with Gasteiger partial charge in [-0.1, -0.05) is 185 Å². The summed E-state index contributed by atoms with van der Waals surface area (Å²) in [6, 6.07) is -0.885. The molecule has 462 valence electrons. The zero-order chi connectivity index (χ0) is 57.6. The first kappa shape index (κ1) is 71.3. The van der Waals surface area contributed by atoms with Crippen LogP contribution in [0.4, 0.5) is 0 Å². The number of aliphatic hydroxyl groups excluding tert-OH is 11. The van der Waals surface area contributed by atoms with Crippen molar-refractivity contribution in [2.75, 3.05) is 26.4 Å². The number of hydrogen-bond donors (Lipinski definition) is 12. The number of nitrogens with one attached hydrogen (secondary N) is 1. The second-order valence-corrected chi connectivity index (χ2v) is 22.2. The molecule has 3 rings (SSSR count). The van der Waals surface area contributed by atoms with Crippen LogP contribution in [0.5, 0.6) is 0 Å². The summed E-state index contributed by atoms with van der Waals surface area (Å²) in [5.41, 5.74) is 0. The van der Waals surface area contributed by atoms with Gasteiger partial charge in [0.05, 0.1) is 38.6 Å². The van der Waals surface area contributed by atoms with E-state index >= 15 is 0 Å². The van der Waals surface area contributed by atoms with Crippen LogP contribution < -0.4 is 5.32 Å². The van der Waals surface area contributed by atoms with Gasteiger partial charge in [0.2, 0.25) is 5.91 Å². The molecule has 0 radical (unpaired) electrons. The van der Waals surface area contributed by atoms with Crippen LogP contribution in [0.1, 0.15) is 206 Å². The van der Waals surface area contributed by atoms with Crippen LogP contribution >= 0.6 is 0 Å². The van der Waals surface area contributed by atoms with Crippen molar-refractivity contribution in [1.29, 1.82) is 0 Å². The van der Waals surface area contributed by atoms with Crippen molar-refractivity contribution in [1.82, 2.24) is 5.32 Å². The molecule has 19 nitrogen and oxygen atoms in total. The third kappa shape index (κ3) is 27.5. The van der Waals surface area contributed by atoms with E-state index in [9.17, 15) is 61.0 Å². The fourth-order valence-electron chi connectivity index (χ4n) is 10.4. The molecule has 3 saturated heterocycles. The van der Waals surface area contributed by atoms with Crippen LogP contribution in [-0.2, 0) is 33.2 Å². The molecule has 3 aliphatic heterocycles. The third-order valence-corrected chi connectivity index (χ3v) is 15.5. The summed E-state index contributed by atoms with van der Waals surface area (Å²) < 4.78 is 34.2. The fourth-order valence-corrected chi connectivity index (χ4v) is 10.4. The Balaban J connectivity index is 1.38. The van der Waals surface area contributed by atoms with E-state index in [-0.39, 0.29) is 18.9 Å². The summed E-state index contributed by atoms with van der Waals surface area (Å²) in [4.78, 5) is 13.3. The minimum absolute atomic E-state index is 0.250. The van der Waals surface area contributed by atoms with Crippen LogP contribution in [0.2, 0.25) is 0 Å². The largest absolute Gasteiger partial charge is 0.394 e. The lowest BCUT2D eigenvalue weighted by atomic mass is 9.96. The van der Waals surface area contributed by atoms with Crippen LogP contribution in [0.15, 0.2) is 36.5 Å². The van der Waals surface area contributed by atoms with E-state index in [2.05, 4.69) is 55.6 Å². The van der Waals surface area contributed by atoms with Crippen LogP contribution in [0.25, 0.3) is 0 Å². The Morgan fingerprint density at radius 1 is 0.456 bits per heavy atom. The summed E-state index contributed by atoms with van der Waals surface area (Å²) in [5.74, 6) is -0.250. The Kier molecular flexibility index (Phi) is 39.4. The number of allylic oxidation sites excluding steroid dienone is 6. The standard InChI is InChI=1S/C60H109NO18/c1-3-5-7-9-11-12-13-14-15-16-17-18-19-20-21-22-23-24-25-26-27-28-29-30-32-34-36-38-48(66)61-43(44(65)37-35-33-31-10-8-6-4-2)42-74-58-54(72)51(69)56(46(40-63)76-58)79-60-55(73)52(70)57(47(41-64)77-60)78-59-53(71)50(68)49(67)45(39-62)75-59/h13-14,16-17,19-20,43-47,49-60,62-65,67-73H,3-12,15,18,21-42H2,1-2H3,(H,61,66)/b14-13-,17-16-,20-19-. The predicted molar refractivity (Wildman–Crippen MR) is 300 cm³/mol. The molecule has 3 aliphatic rings. The van der Waals surface area contributed by atoms with Crippen LogP contribution in [0, 0.1) is 0 Å². The predicted octanol–water partition coefficient (Wildman–Crippen LogP) is 5.71. The summed E-state index contributed by atoms with van der Waals surface area (Å²) in [6.07, 6.45) is 19.9. The highest BCUT2D eigenvalue weighted by molar-refractivity contribution is 5.76. The minimum atomic E-state index is -1.97. The quantitative estimate of drug-likeness (QED) is 0.0257. The van der Waals surface area contributed by atoms with Gasteiger partial charge in [0.15, 0.2) is 18.9 Å². The van der Waals surface area contributed by atoms with Crippen molar-refractivity contribution < 1.29 is 89.4 Å². The molecule has 3 fully saturated rings. The molecule has 0 aromatic heterocycles. The van der Waals surface area contributed by atoms with Crippen molar-refractivity contribution in [3.8, 4) is 0 Å². The van der Waals surface area contributed by atoms with Gasteiger partial charge in [0.25, 0.3) is 0 Å². The number of unbranched alkanes of at least 4 members (excludes halogenated alkanes) is 23. The van der Waals surface area contributed by atoms with Crippen LogP contribution in [0.3, 0.4) is 0 Å². The van der Waals surface area contributed by atoms with Gasteiger partial charge in [-0.25, -0.2) is 0 Å². The molecule has 19 heteroatoms. The molecule has 0 aromatic rings. The number of rotatable bonds is 45. The van der Waals surface area contributed by atoms with E-state index in [1.54, 1.807) is 0 Å². The SMILES string of the molecule is CCCCCCC/C=C\C/C=C\C/C=C\CCCCCCCCCCCCCCC(=O)NC(COC1OC(CO)C(OC2OC(CO)C(OC3OC(CO)C(O)C(O)C3O)C(O)C2O)C(O)C1O)C(O)CCCCCCCCC. The van der Waals surface area contributed by atoms with Gasteiger partial charge in [0.1, 0.15) is 73.2 Å². The monoisotopic (exact) mass is 1130 g/mol. The average molecular weight is 1130 g/mol. The first-order valence-electron chi connectivity index (χ1n) is 30.7. The molecule has 17 atom stereocenters. The molecule has 0 aromatic carbocycles. The third-order valence-electron chi connectivity index (χ3n) is 15.5. The number of hydrogen-bond acceptors (Lipinski definition) is 18. The maximum atomic E-state index is 13.3. The van der Waals surface area contributed by atoms with E-state index in [0.29, 0.717) is 12.8 Å². The number of ether oxygens (including phenoxy) is 6. The van der Waals surface area contributed by atoms with Crippen LogP contribution in [-0.4, -0.2) is 193 Å². The molecule has 17 unspecified atom stereocenters. The highest BCUT2D eigenvalue weighted by Crippen LogP contribution is 2.33. The Hall–Kier alpha value is -1.99. The molecular formula is C60H109NO18. The van der Waals surface area contributed by atoms with Crippen molar-refractivity contribution in [3.05, 3.63) is 36.5 Å². The van der Waals surface area contributed by atoms with Gasteiger partial charge in [-0.05, 0) is 51.4 Å². The molecule has 1 amide bonds. The lowest BCUT2D eigenvalue weighted by Gasteiger charge is -2.48. The lowest BCUT2D eigenvalue weighted by Crippen LogP contribution is -2.66. The van der Waals surface area contributed by atoms with Crippen molar-refractivity contribution in [2.45, 2.75) is 311 Å². The number of carbonyl (C=O) groups is 1. The summed E-state index contributed by atoms with van der Waals surface area (Å²) in [7, 11) is 0. The Bertz CT molecular complexity index is 1590. The molecule has 12 N–H and O–H groups in total. The molecular weight excluding hydrogens is 1020 g/mol. The van der Waals surface area contributed by atoms with E-state index in [0.717, 1.165) is 77.0 Å². The maximum Gasteiger partial charge on any atom is 0.220 e. The zero-order valence-corrected chi connectivity index (χ0v) is 48.1. The van der Waals surface area contributed by atoms with E-state index in [4.69, 9.17) is 28.4 Å². The first-order chi connectivity index (χ1) is 38.3. The molecule has 79 heavy (non-hydrogen) atoms. The summed E-state index contributed by atoms with van der Waals surface area (Å²) in [5, 5.41) is 120. The second-order valence-electron chi connectivity index (χ2n) is 22.2. The lowest BCUT2D eigenvalue weighted by molar-refractivity contribution is -0.379. The topological polar surface area (TPSA) is 307 Å².